The van der Waals surface area contributed by atoms with E-state index in [4.69, 9.17) is 10.5 Å². The normalized spacial score (nSPS) is 32.7. The van der Waals surface area contributed by atoms with E-state index in [0.29, 0.717) is 18.9 Å². The lowest BCUT2D eigenvalue weighted by molar-refractivity contribution is -0.0942. The van der Waals surface area contributed by atoms with Gasteiger partial charge in [-0.25, -0.2) is 0 Å². The molecular formula is C23H45NO2. The van der Waals surface area contributed by atoms with Crippen molar-refractivity contribution in [2.45, 2.75) is 128 Å². The molecule has 0 aromatic heterocycles. The molecule has 1 saturated heterocycles. The molecule has 2 fully saturated rings. The van der Waals surface area contributed by atoms with Gasteiger partial charge in [0.2, 0.25) is 0 Å². The number of rotatable bonds is 12. The van der Waals surface area contributed by atoms with Gasteiger partial charge in [-0.2, -0.15) is 0 Å². The Kier molecular flexibility index (Phi) is 11.2. The van der Waals surface area contributed by atoms with E-state index < -0.39 is 0 Å². The predicted molar refractivity (Wildman–Crippen MR) is 110 cm³/mol. The summed E-state index contributed by atoms with van der Waals surface area (Å²) in [4.78, 5) is 0. The minimum Gasteiger partial charge on any atom is -0.391 e. The molecule has 1 saturated carbocycles. The highest BCUT2D eigenvalue weighted by Crippen LogP contribution is 2.37. The highest BCUT2D eigenvalue weighted by Gasteiger charge is 2.37. The summed E-state index contributed by atoms with van der Waals surface area (Å²) < 4.78 is 5.97. The number of unbranched alkanes of at least 4 members (excludes halogenated alkanes) is 9. The van der Waals surface area contributed by atoms with Gasteiger partial charge in [-0.1, -0.05) is 90.4 Å². The standard InChI is InChI=1S/C23H45NO2/c1-2-3-4-5-6-7-8-9-10-11-13-19-14-12-15-20(18-19)23-22(24)21(25)16-17-26-23/h19-23,25H,2-18,24H2,1H3/t19-,20-,21-,22+,23-/m1/s1. The zero-order chi connectivity index (χ0) is 18.6. The second-order valence-corrected chi connectivity index (χ2v) is 9.03. The summed E-state index contributed by atoms with van der Waals surface area (Å²) in [5.41, 5.74) is 6.23. The van der Waals surface area contributed by atoms with Crippen LogP contribution in [0.3, 0.4) is 0 Å². The van der Waals surface area contributed by atoms with Crippen molar-refractivity contribution in [1.29, 1.82) is 0 Å². The Morgan fingerprint density at radius 3 is 2.23 bits per heavy atom. The van der Waals surface area contributed by atoms with Crippen molar-refractivity contribution in [2.75, 3.05) is 6.61 Å². The summed E-state index contributed by atoms with van der Waals surface area (Å²) in [5.74, 6) is 1.43. The Morgan fingerprint density at radius 1 is 0.885 bits per heavy atom. The van der Waals surface area contributed by atoms with Crippen molar-refractivity contribution in [1.82, 2.24) is 0 Å². The first-order valence-electron chi connectivity index (χ1n) is 11.8. The molecular weight excluding hydrogens is 322 g/mol. The van der Waals surface area contributed by atoms with Crippen molar-refractivity contribution < 1.29 is 9.84 Å². The Labute approximate surface area is 162 Å². The fourth-order valence-electron chi connectivity index (χ4n) is 5.11. The van der Waals surface area contributed by atoms with E-state index in [1.54, 1.807) is 0 Å². The highest BCUT2D eigenvalue weighted by atomic mass is 16.5. The Morgan fingerprint density at radius 2 is 1.54 bits per heavy atom. The Bertz CT molecular complexity index is 349. The second kappa shape index (κ2) is 13.1. The third-order valence-electron chi connectivity index (χ3n) is 6.80. The van der Waals surface area contributed by atoms with Crippen LogP contribution in [0.1, 0.15) is 110 Å². The highest BCUT2D eigenvalue weighted by molar-refractivity contribution is 4.91. The van der Waals surface area contributed by atoms with Gasteiger partial charge in [-0.05, 0) is 31.1 Å². The molecule has 2 aliphatic rings. The number of hydrogen-bond acceptors (Lipinski definition) is 3. The van der Waals surface area contributed by atoms with E-state index in [1.165, 1.54) is 96.3 Å². The minimum atomic E-state index is -0.365. The molecule has 0 spiro atoms. The van der Waals surface area contributed by atoms with Crippen molar-refractivity contribution in [3.63, 3.8) is 0 Å². The molecule has 0 unspecified atom stereocenters. The van der Waals surface area contributed by atoms with Crippen LogP contribution >= 0.6 is 0 Å². The van der Waals surface area contributed by atoms with Crippen molar-refractivity contribution in [3.8, 4) is 0 Å². The molecule has 154 valence electrons. The van der Waals surface area contributed by atoms with Crippen LogP contribution in [0.2, 0.25) is 0 Å². The molecule has 3 N–H and O–H groups in total. The zero-order valence-electron chi connectivity index (χ0n) is 17.3. The first-order valence-corrected chi connectivity index (χ1v) is 11.8. The molecule has 5 atom stereocenters. The molecule has 1 heterocycles. The van der Waals surface area contributed by atoms with E-state index in [0.717, 1.165) is 5.92 Å². The van der Waals surface area contributed by atoms with E-state index >= 15 is 0 Å². The van der Waals surface area contributed by atoms with Crippen molar-refractivity contribution in [3.05, 3.63) is 0 Å². The first kappa shape index (κ1) is 22.2. The molecule has 1 aliphatic carbocycles. The summed E-state index contributed by atoms with van der Waals surface area (Å²) in [6, 6.07) is -0.176. The van der Waals surface area contributed by atoms with Crippen LogP contribution in [0.4, 0.5) is 0 Å². The second-order valence-electron chi connectivity index (χ2n) is 9.03. The Balaban J connectivity index is 1.52. The number of aliphatic hydroxyl groups is 1. The van der Waals surface area contributed by atoms with Gasteiger partial charge >= 0.3 is 0 Å². The van der Waals surface area contributed by atoms with Gasteiger partial charge in [0.15, 0.2) is 0 Å². The fraction of sp³-hybridized carbons (Fsp3) is 1.00. The SMILES string of the molecule is CCCCCCCCCCCC[C@@H]1CCC[C@@H]([C@H]2OCC[C@@H](O)[C@@H]2N)C1. The van der Waals surface area contributed by atoms with Crippen LogP contribution in [0.25, 0.3) is 0 Å². The van der Waals surface area contributed by atoms with Gasteiger partial charge < -0.3 is 15.6 Å². The third kappa shape index (κ3) is 7.86. The average molecular weight is 368 g/mol. The van der Waals surface area contributed by atoms with Gasteiger partial charge in [0, 0.05) is 6.61 Å². The molecule has 0 aromatic carbocycles. The van der Waals surface area contributed by atoms with Crippen molar-refractivity contribution in [2.24, 2.45) is 17.6 Å². The zero-order valence-corrected chi connectivity index (χ0v) is 17.3. The van der Waals surface area contributed by atoms with Gasteiger partial charge in [0.25, 0.3) is 0 Å². The summed E-state index contributed by atoms with van der Waals surface area (Å²) >= 11 is 0. The number of ether oxygens (including phenoxy) is 1. The smallest absolute Gasteiger partial charge is 0.0779 e. The lowest BCUT2D eigenvalue weighted by atomic mass is 9.74. The van der Waals surface area contributed by atoms with Crippen LogP contribution in [0.5, 0.6) is 0 Å². The minimum absolute atomic E-state index is 0.0919. The summed E-state index contributed by atoms with van der Waals surface area (Å²) in [6.07, 6.45) is 21.2. The third-order valence-corrected chi connectivity index (χ3v) is 6.80. The van der Waals surface area contributed by atoms with Gasteiger partial charge in [0.05, 0.1) is 18.2 Å². The fourth-order valence-corrected chi connectivity index (χ4v) is 5.11. The summed E-state index contributed by atoms with van der Waals surface area (Å²) in [7, 11) is 0. The van der Waals surface area contributed by atoms with Crippen LogP contribution in [0, 0.1) is 11.8 Å². The van der Waals surface area contributed by atoms with E-state index in [2.05, 4.69) is 6.92 Å². The molecule has 0 bridgehead atoms. The maximum Gasteiger partial charge on any atom is 0.0779 e. The molecule has 0 aromatic rings. The Hall–Kier alpha value is -0.120. The van der Waals surface area contributed by atoms with Gasteiger partial charge in [-0.15, -0.1) is 0 Å². The van der Waals surface area contributed by atoms with Crippen LogP contribution in [-0.4, -0.2) is 30.0 Å². The van der Waals surface area contributed by atoms with Crippen molar-refractivity contribution >= 4 is 0 Å². The van der Waals surface area contributed by atoms with E-state index in [-0.39, 0.29) is 18.2 Å². The van der Waals surface area contributed by atoms with Gasteiger partial charge in [-0.3, -0.25) is 0 Å². The molecule has 0 radical (unpaired) electrons. The lowest BCUT2D eigenvalue weighted by Crippen LogP contribution is -2.54. The summed E-state index contributed by atoms with van der Waals surface area (Å²) in [5, 5.41) is 10.0. The lowest BCUT2D eigenvalue weighted by Gasteiger charge is -2.41. The summed E-state index contributed by atoms with van der Waals surface area (Å²) in [6.45, 7) is 2.97. The molecule has 3 heteroatoms. The number of hydrogen-bond donors (Lipinski definition) is 2. The maximum atomic E-state index is 10.0. The maximum absolute atomic E-state index is 10.0. The van der Waals surface area contributed by atoms with E-state index in [1.807, 2.05) is 0 Å². The quantitative estimate of drug-likeness (QED) is 0.443. The van der Waals surface area contributed by atoms with E-state index in [9.17, 15) is 5.11 Å². The van der Waals surface area contributed by atoms with Gasteiger partial charge in [0.1, 0.15) is 0 Å². The van der Waals surface area contributed by atoms with Crippen LogP contribution in [0.15, 0.2) is 0 Å². The number of aliphatic hydroxyl groups excluding tert-OH is 1. The molecule has 0 amide bonds. The van der Waals surface area contributed by atoms with Crippen LogP contribution in [-0.2, 0) is 4.74 Å². The molecule has 2 rings (SSSR count). The first-order chi connectivity index (χ1) is 12.7. The molecule has 3 nitrogen and oxygen atoms in total. The largest absolute Gasteiger partial charge is 0.391 e. The molecule has 26 heavy (non-hydrogen) atoms. The van der Waals surface area contributed by atoms with Crippen LogP contribution < -0.4 is 5.73 Å². The molecule has 1 aliphatic heterocycles. The monoisotopic (exact) mass is 367 g/mol. The predicted octanol–water partition coefficient (Wildman–Crippen LogP) is 5.58. The average Bonchev–Trinajstić information content (AvgIpc) is 2.66. The number of nitrogens with two attached hydrogens (primary N) is 1. The topological polar surface area (TPSA) is 55.5 Å².